The summed E-state index contributed by atoms with van der Waals surface area (Å²) in [4.78, 5) is 4.30. The number of nitrogen functional groups attached to an aromatic ring is 1. The second-order valence-corrected chi connectivity index (χ2v) is 5.29. The minimum absolute atomic E-state index is 0.787. The van der Waals surface area contributed by atoms with Crippen LogP contribution in [0.15, 0.2) is 60.9 Å². The molecule has 0 saturated carbocycles. The van der Waals surface area contributed by atoms with E-state index in [1.54, 1.807) is 0 Å². The van der Waals surface area contributed by atoms with Crippen molar-refractivity contribution in [2.75, 3.05) is 5.73 Å². The lowest BCUT2D eigenvalue weighted by Crippen LogP contribution is -1.98. The van der Waals surface area contributed by atoms with Crippen molar-refractivity contribution < 1.29 is 0 Å². The first-order valence-electron chi connectivity index (χ1n) is 6.95. The number of nitrogens with two attached hydrogens (primary N) is 1. The van der Waals surface area contributed by atoms with Gasteiger partial charge in [-0.15, -0.1) is 0 Å². The normalized spacial score (nSPS) is 11.3. The van der Waals surface area contributed by atoms with E-state index in [9.17, 15) is 0 Å². The molecule has 0 unspecified atom stereocenters. The molecule has 2 aromatic carbocycles. The van der Waals surface area contributed by atoms with Gasteiger partial charge in [-0.2, -0.15) is 0 Å². The topological polar surface area (TPSA) is 43.8 Å². The van der Waals surface area contributed by atoms with Crippen molar-refractivity contribution in [3.05, 3.63) is 66.5 Å². The van der Waals surface area contributed by atoms with Crippen LogP contribution < -0.4 is 5.73 Å². The molecule has 2 heterocycles. The van der Waals surface area contributed by atoms with Crippen LogP contribution in [0.4, 0.5) is 5.69 Å². The zero-order valence-electron chi connectivity index (χ0n) is 11.7. The first kappa shape index (κ1) is 12.0. The predicted octanol–water partition coefficient (Wildman–Crippen LogP) is 4.07. The quantitative estimate of drug-likeness (QED) is 0.531. The van der Waals surface area contributed by atoms with E-state index in [4.69, 9.17) is 5.73 Å². The number of hydrogen-bond acceptors (Lipinski definition) is 2. The van der Waals surface area contributed by atoms with E-state index >= 15 is 0 Å². The Balaban J connectivity index is 2.20. The molecule has 4 aromatic rings. The summed E-state index contributed by atoms with van der Waals surface area (Å²) in [5, 5.41) is 2.46. The molecule has 3 nitrogen and oxygen atoms in total. The summed E-state index contributed by atoms with van der Waals surface area (Å²) >= 11 is 0. The van der Waals surface area contributed by atoms with Crippen LogP contribution in [0.1, 0.15) is 5.56 Å². The Bertz CT molecular complexity index is 913. The van der Waals surface area contributed by atoms with Crippen molar-refractivity contribution in [2.24, 2.45) is 0 Å². The van der Waals surface area contributed by atoms with E-state index in [0.717, 1.165) is 22.5 Å². The number of fused-ring (bicyclic) bond motifs is 3. The number of benzene rings is 2. The smallest absolute Gasteiger partial charge is 0.0724 e. The Morgan fingerprint density at radius 3 is 2.62 bits per heavy atom. The molecule has 0 radical (unpaired) electrons. The molecule has 0 aliphatic heterocycles. The van der Waals surface area contributed by atoms with Crippen molar-refractivity contribution in [3.8, 4) is 5.69 Å². The zero-order valence-corrected chi connectivity index (χ0v) is 11.7. The van der Waals surface area contributed by atoms with Crippen molar-refractivity contribution in [1.29, 1.82) is 0 Å². The molecule has 0 spiro atoms. The van der Waals surface area contributed by atoms with Gasteiger partial charge in [0.1, 0.15) is 0 Å². The molecular weight excluding hydrogens is 258 g/mol. The molecule has 0 atom stereocenters. The molecule has 0 saturated heterocycles. The molecule has 4 rings (SSSR count). The largest absolute Gasteiger partial charge is 0.399 e. The standard InChI is InChI=1S/C18H15N3/c1-12-10-13(19)6-7-16(12)21-17-5-3-2-4-14(17)15-8-9-20-11-18(15)21/h2-11H,19H2,1H3. The number of pyridine rings is 1. The number of aryl methyl sites for hydroxylation is 1. The fourth-order valence-electron chi connectivity index (χ4n) is 3.01. The second kappa shape index (κ2) is 4.35. The van der Waals surface area contributed by atoms with Crippen molar-refractivity contribution in [1.82, 2.24) is 9.55 Å². The van der Waals surface area contributed by atoms with Crippen LogP contribution in [-0.2, 0) is 0 Å². The average molecular weight is 273 g/mol. The molecule has 3 heteroatoms. The van der Waals surface area contributed by atoms with Gasteiger partial charge in [-0.05, 0) is 42.8 Å². The third-order valence-electron chi connectivity index (χ3n) is 3.94. The third kappa shape index (κ3) is 1.71. The number of anilines is 1. The van der Waals surface area contributed by atoms with E-state index in [2.05, 4.69) is 52.9 Å². The summed E-state index contributed by atoms with van der Waals surface area (Å²) in [6.07, 6.45) is 3.76. The van der Waals surface area contributed by atoms with Gasteiger partial charge < -0.3 is 10.3 Å². The Labute approximate surface area is 122 Å². The van der Waals surface area contributed by atoms with Crippen LogP contribution in [0.25, 0.3) is 27.5 Å². The highest BCUT2D eigenvalue weighted by Gasteiger charge is 2.12. The number of aromatic nitrogens is 2. The summed E-state index contributed by atoms with van der Waals surface area (Å²) in [5.41, 5.74) is 11.3. The maximum absolute atomic E-state index is 5.88. The SMILES string of the molecule is Cc1cc(N)ccc1-n1c2ccccc2c2ccncc21. The molecule has 2 N–H and O–H groups in total. The molecule has 0 aliphatic carbocycles. The molecule has 2 aromatic heterocycles. The fraction of sp³-hybridized carbons (Fsp3) is 0.0556. The lowest BCUT2D eigenvalue weighted by molar-refractivity contribution is 1.14. The van der Waals surface area contributed by atoms with Gasteiger partial charge in [0.25, 0.3) is 0 Å². The van der Waals surface area contributed by atoms with Gasteiger partial charge in [-0.3, -0.25) is 4.98 Å². The Kier molecular flexibility index (Phi) is 2.48. The monoisotopic (exact) mass is 273 g/mol. The molecule has 0 bridgehead atoms. The van der Waals surface area contributed by atoms with Crippen LogP contribution in [0.3, 0.4) is 0 Å². The van der Waals surface area contributed by atoms with E-state index in [0.29, 0.717) is 0 Å². The number of para-hydroxylation sites is 1. The van der Waals surface area contributed by atoms with Gasteiger partial charge in [-0.1, -0.05) is 18.2 Å². The molecule has 0 fully saturated rings. The van der Waals surface area contributed by atoms with Crippen LogP contribution in [0, 0.1) is 6.92 Å². The van der Waals surface area contributed by atoms with Gasteiger partial charge in [-0.25, -0.2) is 0 Å². The second-order valence-electron chi connectivity index (χ2n) is 5.29. The lowest BCUT2D eigenvalue weighted by atomic mass is 10.1. The maximum Gasteiger partial charge on any atom is 0.0724 e. The lowest BCUT2D eigenvalue weighted by Gasteiger charge is -2.11. The Hall–Kier alpha value is -2.81. The van der Waals surface area contributed by atoms with Crippen molar-refractivity contribution >= 4 is 27.5 Å². The van der Waals surface area contributed by atoms with Crippen molar-refractivity contribution in [2.45, 2.75) is 6.92 Å². The summed E-state index contributed by atoms with van der Waals surface area (Å²) in [5.74, 6) is 0. The Morgan fingerprint density at radius 2 is 1.76 bits per heavy atom. The Morgan fingerprint density at radius 1 is 0.952 bits per heavy atom. The average Bonchev–Trinajstić information content (AvgIpc) is 2.82. The molecule has 102 valence electrons. The molecule has 0 amide bonds. The highest BCUT2D eigenvalue weighted by Crippen LogP contribution is 2.32. The molecule has 0 aliphatic rings. The number of rotatable bonds is 1. The molecule has 21 heavy (non-hydrogen) atoms. The van der Waals surface area contributed by atoms with Crippen LogP contribution in [-0.4, -0.2) is 9.55 Å². The minimum atomic E-state index is 0.787. The van der Waals surface area contributed by atoms with Gasteiger partial charge >= 0.3 is 0 Å². The number of hydrogen-bond donors (Lipinski definition) is 1. The van der Waals surface area contributed by atoms with E-state index in [1.807, 2.05) is 24.5 Å². The van der Waals surface area contributed by atoms with E-state index in [-0.39, 0.29) is 0 Å². The summed E-state index contributed by atoms with van der Waals surface area (Å²) in [7, 11) is 0. The highest BCUT2D eigenvalue weighted by atomic mass is 15.0. The van der Waals surface area contributed by atoms with Gasteiger partial charge in [0.05, 0.1) is 17.2 Å². The van der Waals surface area contributed by atoms with Crippen LogP contribution in [0.2, 0.25) is 0 Å². The summed E-state index contributed by atoms with van der Waals surface area (Å²) < 4.78 is 2.26. The summed E-state index contributed by atoms with van der Waals surface area (Å²) in [6, 6.07) is 16.5. The van der Waals surface area contributed by atoms with Crippen LogP contribution >= 0.6 is 0 Å². The van der Waals surface area contributed by atoms with Gasteiger partial charge in [0.2, 0.25) is 0 Å². The molecular formula is C18H15N3. The van der Waals surface area contributed by atoms with Gasteiger partial charge in [0, 0.05) is 28.3 Å². The maximum atomic E-state index is 5.88. The van der Waals surface area contributed by atoms with Gasteiger partial charge in [0.15, 0.2) is 0 Å². The van der Waals surface area contributed by atoms with E-state index in [1.165, 1.54) is 16.3 Å². The highest BCUT2D eigenvalue weighted by molar-refractivity contribution is 6.08. The minimum Gasteiger partial charge on any atom is -0.399 e. The first-order valence-corrected chi connectivity index (χ1v) is 6.95. The third-order valence-corrected chi connectivity index (χ3v) is 3.94. The van der Waals surface area contributed by atoms with Crippen LogP contribution in [0.5, 0.6) is 0 Å². The summed E-state index contributed by atoms with van der Waals surface area (Å²) in [6.45, 7) is 2.09. The predicted molar refractivity (Wildman–Crippen MR) is 87.7 cm³/mol. The zero-order chi connectivity index (χ0) is 14.4. The fourth-order valence-corrected chi connectivity index (χ4v) is 3.01. The van der Waals surface area contributed by atoms with E-state index < -0.39 is 0 Å². The number of nitrogens with zero attached hydrogens (tertiary/aromatic N) is 2. The first-order chi connectivity index (χ1) is 10.3. The van der Waals surface area contributed by atoms with Crippen molar-refractivity contribution in [3.63, 3.8) is 0 Å².